The number of nitrogen functional groups attached to an aromatic ring is 1. The van der Waals surface area contributed by atoms with E-state index in [1.807, 2.05) is 37.3 Å². The second kappa shape index (κ2) is 5.21. The number of aromatic amines is 1. The van der Waals surface area contributed by atoms with Gasteiger partial charge in [-0.2, -0.15) is 0 Å². The molecular formula is C15H17N5. The van der Waals surface area contributed by atoms with Crippen molar-refractivity contribution < 1.29 is 0 Å². The Morgan fingerprint density at radius 1 is 1.25 bits per heavy atom. The van der Waals surface area contributed by atoms with E-state index in [-0.39, 0.29) is 0 Å². The summed E-state index contributed by atoms with van der Waals surface area (Å²) in [6.07, 6.45) is 2.55. The first kappa shape index (κ1) is 12.5. The molecule has 0 unspecified atom stereocenters. The second-order valence-corrected chi connectivity index (χ2v) is 4.77. The van der Waals surface area contributed by atoms with E-state index in [0.29, 0.717) is 5.69 Å². The fraction of sp³-hybridized carbons (Fsp3) is 0.200. The molecule has 2 aromatic heterocycles. The minimum absolute atomic E-state index is 0.706. The summed E-state index contributed by atoms with van der Waals surface area (Å²) >= 11 is 0. The molecule has 0 aliphatic rings. The summed E-state index contributed by atoms with van der Waals surface area (Å²) < 4.78 is 0. The first-order chi connectivity index (χ1) is 9.74. The molecule has 5 nitrogen and oxygen atoms in total. The number of anilines is 2. The molecule has 4 N–H and O–H groups in total. The van der Waals surface area contributed by atoms with Gasteiger partial charge in [-0.05, 0) is 30.7 Å². The van der Waals surface area contributed by atoms with Gasteiger partial charge in [0, 0.05) is 19.2 Å². The molecule has 0 saturated carbocycles. The largest absolute Gasteiger partial charge is 0.396 e. The van der Waals surface area contributed by atoms with Crippen LogP contribution in [0, 0.1) is 6.92 Å². The summed E-state index contributed by atoms with van der Waals surface area (Å²) in [6, 6.07) is 9.92. The summed E-state index contributed by atoms with van der Waals surface area (Å²) in [6.45, 7) is 2.71. The number of H-pyrrole nitrogens is 1. The van der Waals surface area contributed by atoms with Crippen molar-refractivity contribution in [3.05, 3.63) is 47.9 Å². The van der Waals surface area contributed by atoms with Crippen LogP contribution >= 0.6 is 0 Å². The van der Waals surface area contributed by atoms with E-state index in [4.69, 9.17) is 5.73 Å². The van der Waals surface area contributed by atoms with Gasteiger partial charge in [-0.25, -0.2) is 9.97 Å². The molecule has 0 amide bonds. The predicted octanol–water partition coefficient (Wildman–Crippen LogP) is 2.50. The molecule has 0 aliphatic heterocycles. The smallest absolute Gasteiger partial charge is 0.149 e. The fourth-order valence-electron chi connectivity index (χ4n) is 2.13. The van der Waals surface area contributed by atoms with Crippen LogP contribution in [0.3, 0.4) is 0 Å². The maximum Gasteiger partial charge on any atom is 0.149 e. The molecule has 20 heavy (non-hydrogen) atoms. The summed E-state index contributed by atoms with van der Waals surface area (Å²) in [5.41, 5.74) is 9.78. The molecule has 0 aliphatic carbocycles. The first-order valence-electron chi connectivity index (χ1n) is 6.62. The van der Waals surface area contributed by atoms with Crippen LogP contribution in [-0.2, 0) is 6.42 Å². The van der Waals surface area contributed by atoms with Gasteiger partial charge in [0.25, 0.3) is 0 Å². The number of aromatic nitrogens is 3. The van der Waals surface area contributed by atoms with Crippen LogP contribution in [0.5, 0.6) is 0 Å². The Morgan fingerprint density at radius 3 is 2.95 bits per heavy atom. The minimum Gasteiger partial charge on any atom is -0.396 e. The van der Waals surface area contributed by atoms with E-state index < -0.39 is 0 Å². The van der Waals surface area contributed by atoms with Crippen molar-refractivity contribution in [1.29, 1.82) is 0 Å². The van der Waals surface area contributed by atoms with Gasteiger partial charge in [0.05, 0.1) is 16.7 Å². The van der Waals surface area contributed by atoms with Crippen molar-refractivity contribution in [1.82, 2.24) is 15.0 Å². The Labute approximate surface area is 117 Å². The Hall–Kier alpha value is -2.56. The van der Waals surface area contributed by atoms with Crippen molar-refractivity contribution in [2.45, 2.75) is 13.3 Å². The highest BCUT2D eigenvalue weighted by Gasteiger charge is 2.04. The Bertz CT molecular complexity index is 699. The number of hydrogen-bond donors (Lipinski definition) is 3. The lowest BCUT2D eigenvalue weighted by molar-refractivity contribution is 0.929. The molecule has 3 rings (SSSR count). The average molecular weight is 267 g/mol. The highest BCUT2D eigenvalue weighted by Crippen LogP contribution is 2.18. The molecule has 5 heteroatoms. The SMILES string of the molecule is Cc1ccnc(NCCc2nc3ccccc3[nH]2)c1N. The maximum atomic E-state index is 5.97. The fourth-order valence-corrected chi connectivity index (χ4v) is 2.13. The Kier molecular flexibility index (Phi) is 3.25. The van der Waals surface area contributed by atoms with E-state index in [2.05, 4.69) is 20.3 Å². The van der Waals surface area contributed by atoms with Crippen molar-refractivity contribution >= 4 is 22.5 Å². The zero-order valence-corrected chi connectivity index (χ0v) is 11.4. The lowest BCUT2D eigenvalue weighted by Gasteiger charge is -2.08. The van der Waals surface area contributed by atoms with Crippen molar-refractivity contribution in [3.63, 3.8) is 0 Å². The average Bonchev–Trinajstić information content (AvgIpc) is 2.86. The summed E-state index contributed by atoms with van der Waals surface area (Å²) in [4.78, 5) is 12.1. The number of para-hydroxylation sites is 2. The zero-order valence-electron chi connectivity index (χ0n) is 11.4. The first-order valence-corrected chi connectivity index (χ1v) is 6.62. The molecule has 1 aromatic carbocycles. The van der Waals surface area contributed by atoms with Crippen LogP contribution in [0.15, 0.2) is 36.5 Å². The van der Waals surface area contributed by atoms with Crippen molar-refractivity contribution in [2.75, 3.05) is 17.6 Å². The van der Waals surface area contributed by atoms with Gasteiger partial charge in [0.1, 0.15) is 11.6 Å². The molecule has 102 valence electrons. The molecule has 0 atom stereocenters. The number of nitrogens with two attached hydrogens (primary N) is 1. The molecule has 0 spiro atoms. The number of fused-ring (bicyclic) bond motifs is 1. The number of rotatable bonds is 4. The number of nitrogens with one attached hydrogen (secondary N) is 2. The number of pyridine rings is 1. The van der Waals surface area contributed by atoms with Crippen LogP contribution in [0.1, 0.15) is 11.4 Å². The second-order valence-electron chi connectivity index (χ2n) is 4.77. The van der Waals surface area contributed by atoms with Gasteiger partial charge in [-0.15, -0.1) is 0 Å². The third-order valence-corrected chi connectivity index (χ3v) is 3.30. The van der Waals surface area contributed by atoms with E-state index in [1.165, 1.54) is 0 Å². The van der Waals surface area contributed by atoms with E-state index >= 15 is 0 Å². The van der Waals surface area contributed by atoms with Crippen LogP contribution in [0.4, 0.5) is 11.5 Å². The summed E-state index contributed by atoms with van der Waals surface area (Å²) in [7, 11) is 0. The van der Waals surface area contributed by atoms with Crippen molar-refractivity contribution in [2.24, 2.45) is 0 Å². The normalized spacial score (nSPS) is 10.8. The standard InChI is InChI=1S/C15H17N5/c1-10-6-8-17-15(14(10)16)18-9-7-13-19-11-4-2-3-5-12(11)20-13/h2-6,8H,7,9,16H2,1H3,(H,17,18)(H,19,20). The van der Waals surface area contributed by atoms with Gasteiger partial charge in [-0.1, -0.05) is 12.1 Å². The van der Waals surface area contributed by atoms with Crippen LogP contribution in [0.2, 0.25) is 0 Å². The topological polar surface area (TPSA) is 79.6 Å². The molecule has 3 aromatic rings. The lowest BCUT2D eigenvalue weighted by Crippen LogP contribution is -2.09. The summed E-state index contributed by atoms with van der Waals surface area (Å²) in [5.74, 6) is 1.70. The van der Waals surface area contributed by atoms with Crippen LogP contribution in [0.25, 0.3) is 11.0 Å². The zero-order chi connectivity index (χ0) is 13.9. The van der Waals surface area contributed by atoms with E-state index in [9.17, 15) is 0 Å². The lowest BCUT2D eigenvalue weighted by atomic mass is 10.2. The number of imidazole rings is 1. The highest BCUT2D eigenvalue weighted by molar-refractivity contribution is 5.74. The minimum atomic E-state index is 0.706. The molecule has 0 radical (unpaired) electrons. The van der Waals surface area contributed by atoms with E-state index in [1.54, 1.807) is 6.20 Å². The molecule has 2 heterocycles. The number of benzene rings is 1. The van der Waals surface area contributed by atoms with E-state index in [0.717, 1.165) is 41.2 Å². The maximum absolute atomic E-state index is 5.97. The molecule has 0 saturated heterocycles. The van der Waals surface area contributed by atoms with Gasteiger partial charge in [-0.3, -0.25) is 0 Å². The van der Waals surface area contributed by atoms with Crippen molar-refractivity contribution in [3.8, 4) is 0 Å². The monoisotopic (exact) mass is 267 g/mol. The molecule has 0 fully saturated rings. The van der Waals surface area contributed by atoms with Gasteiger partial charge in [0.2, 0.25) is 0 Å². The highest BCUT2D eigenvalue weighted by atomic mass is 15.0. The quantitative estimate of drug-likeness (QED) is 0.678. The van der Waals surface area contributed by atoms with Gasteiger partial charge >= 0.3 is 0 Å². The molecule has 0 bridgehead atoms. The number of nitrogens with zero attached hydrogens (tertiary/aromatic N) is 2. The van der Waals surface area contributed by atoms with Crippen LogP contribution in [-0.4, -0.2) is 21.5 Å². The van der Waals surface area contributed by atoms with Crippen LogP contribution < -0.4 is 11.1 Å². The molecular weight excluding hydrogens is 250 g/mol. The predicted molar refractivity (Wildman–Crippen MR) is 81.7 cm³/mol. The Morgan fingerprint density at radius 2 is 2.10 bits per heavy atom. The van der Waals surface area contributed by atoms with Gasteiger partial charge in [0.15, 0.2) is 0 Å². The summed E-state index contributed by atoms with van der Waals surface area (Å²) in [5, 5.41) is 3.25. The third kappa shape index (κ3) is 2.42. The number of hydrogen-bond acceptors (Lipinski definition) is 4. The third-order valence-electron chi connectivity index (χ3n) is 3.30. The Balaban J connectivity index is 1.66. The number of aryl methyl sites for hydroxylation is 1. The van der Waals surface area contributed by atoms with Gasteiger partial charge < -0.3 is 16.0 Å².